The van der Waals surface area contributed by atoms with Crippen LogP contribution in [0.15, 0.2) is 17.5 Å². The number of rotatable bonds is 4. The number of carboxylic acids is 1. The Kier molecular flexibility index (Phi) is 4.26. The molecular weight excluding hydrogens is 288 g/mol. The fraction of sp³-hybridized carbons (Fsp3) is 0.600. The molecule has 3 rings (SSSR count). The number of hydrogen-bond acceptors (Lipinski definition) is 4. The third kappa shape index (κ3) is 3.44. The fourth-order valence-electron chi connectivity index (χ4n) is 2.95. The summed E-state index contributed by atoms with van der Waals surface area (Å²) in [6, 6.07) is 4.20. The molecule has 1 N–H and O–H groups in total. The molecule has 0 bridgehead atoms. The Morgan fingerprint density at radius 1 is 1.24 bits per heavy atom. The van der Waals surface area contributed by atoms with Gasteiger partial charge in [-0.1, -0.05) is 6.07 Å². The number of carbonyl (C=O) groups is 2. The van der Waals surface area contributed by atoms with Crippen LogP contribution in [0, 0.1) is 11.8 Å². The lowest BCUT2D eigenvalue weighted by molar-refractivity contribution is -0.141. The zero-order valence-corrected chi connectivity index (χ0v) is 12.7. The second-order valence-corrected chi connectivity index (χ2v) is 6.85. The standard InChI is InChI=1S/C15H20N2O3S/c18-14(12-9-13(12)15(19)20)17-5-2-4-16(6-7-17)10-11-3-1-8-21-11/h1,3,8,12-13H,2,4-7,9-10H2,(H,19,20). The maximum atomic E-state index is 12.3. The van der Waals surface area contributed by atoms with Gasteiger partial charge in [0.05, 0.1) is 11.8 Å². The molecule has 0 aromatic carbocycles. The molecule has 0 spiro atoms. The molecule has 1 amide bonds. The van der Waals surface area contributed by atoms with Crippen LogP contribution in [0.5, 0.6) is 0 Å². The van der Waals surface area contributed by atoms with Gasteiger partial charge in [-0.3, -0.25) is 14.5 Å². The van der Waals surface area contributed by atoms with E-state index in [1.54, 1.807) is 11.3 Å². The average molecular weight is 308 g/mol. The number of amides is 1. The van der Waals surface area contributed by atoms with Gasteiger partial charge in [0, 0.05) is 37.6 Å². The number of hydrogen-bond donors (Lipinski definition) is 1. The van der Waals surface area contributed by atoms with Crippen molar-refractivity contribution in [2.24, 2.45) is 11.8 Å². The van der Waals surface area contributed by atoms with Crippen LogP contribution in [0.3, 0.4) is 0 Å². The van der Waals surface area contributed by atoms with Gasteiger partial charge in [-0.05, 0) is 24.3 Å². The first-order valence-electron chi connectivity index (χ1n) is 7.41. The largest absolute Gasteiger partial charge is 0.481 e. The van der Waals surface area contributed by atoms with Crippen LogP contribution >= 0.6 is 11.3 Å². The van der Waals surface area contributed by atoms with E-state index in [1.807, 2.05) is 4.90 Å². The third-order valence-corrected chi connectivity index (χ3v) is 5.15. The summed E-state index contributed by atoms with van der Waals surface area (Å²) in [5, 5.41) is 11.0. The number of nitrogens with zero attached hydrogens (tertiary/aromatic N) is 2. The van der Waals surface area contributed by atoms with Gasteiger partial charge in [-0.2, -0.15) is 0 Å². The summed E-state index contributed by atoms with van der Waals surface area (Å²) in [6.45, 7) is 4.28. The molecule has 1 aromatic heterocycles. The van der Waals surface area contributed by atoms with Crippen LogP contribution in [0.25, 0.3) is 0 Å². The summed E-state index contributed by atoms with van der Waals surface area (Å²) in [6.07, 6.45) is 1.48. The van der Waals surface area contributed by atoms with E-state index < -0.39 is 11.9 Å². The van der Waals surface area contributed by atoms with Gasteiger partial charge in [-0.15, -0.1) is 11.3 Å². The minimum atomic E-state index is -0.831. The fourth-order valence-corrected chi connectivity index (χ4v) is 3.69. The van der Waals surface area contributed by atoms with E-state index in [4.69, 9.17) is 5.11 Å². The lowest BCUT2D eigenvalue weighted by Gasteiger charge is -2.21. The zero-order valence-electron chi connectivity index (χ0n) is 11.9. The normalized spacial score (nSPS) is 26.4. The molecule has 6 heteroatoms. The lowest BCUT2D eigenvalue weighted by Crippen LogP contribution is -2.36. The van der Waals surface area contributed by atoms with Crippen LogP contribution in [0.4, 0.5) is 0 Å². The smallest absolute Gasteiger partial charge is 0.307 e. The van der Waals surface area contributed by atoms with E-state index in [-0.39, 0.29) is 11.8 Å². The summed E-state index contributed by atoms with van der Waals surface area (Å²) in [4.78, 5) is 28.8. The Morgan fingerprint density at radius 2 is 2.10 bits per heavy atom. The highest BCUT2D eigenvalue weighted by Gasteiger charge is 2.49. The van der Waals surface area contributed by atoms with Crippen LogP contribution in [-0.2, 0) is 16.1 Å². The molecule has 21 heavy (non-hydrogen) atoms. The molecule has 2 unspecified atom stereocenters. The number of carboxylic acid groups (broad SMARTS) is 1. The molecule has 2 fully saturated rings. The molecule has 0 radical (unpaired) electrons. The third-order valence-electron chi connectivity index (χ3n) is 4.28. The first-order chi connectivity index (χ1) is 10.1. The molecule has 1 saturated carbocycles. The highest BCUT2D eigenvalue weighted by molar-refractivity contribution is 7.09. The topological polar surface area (TPSA) is 60.9 Å². The minimum Gasteiger partial charge on any atom is -0.481 e. The Hall–Kier alpha value is -1.40. The Balaban J connectivity index is 1.51. The highest BCUT2D eigenvalue weighted by atomic mass is 32.1. The van der Waals surface area contributed by atoms with Gasteiger partial charge in [0.1, 0.15) is 0 Å². The summed E-state index contributed by atoms with van der Waals surface area (Å²) >= 11 is 1.76. The molecule has 1 aliphatic heterocycles. The van der Waals surface area contributed by atoms with Crippen molar-refractivity contribution in [2.75, 3.05) is 26.2 Å². The van der Waals surface area contributed by atoms with Gasteiger partial charge < -0.3 is 10.0 Å². The van der Waals surface area contributed by atoms with Crippen molar-refractivity contribution in [1.29, 1.82) is 0 Å². The summed E-state index contributed by atoms with van der Waals surface area (Å²) in [5.41, 5.74) is 0. The molecule has 2 aliphatic rings. The summed E-state index contributed by atoms with van der Waals surface area (Å²) in [7, 11) is 0. The molecule has 1 aliphatic carbocycles. The molecule has 2 atom stereocenters. The first kappa shape index (κ1) is 14.5. The molecule has 5 nitrogen and oxygen atoms in total. The Labute approximate surface area is 128 Å². The second kappa shape index (κ2) is 6.15. The summed E-state index contributed by atoms with van der Waals surface area (Å²) < 4.78 is 0. The first-order valence-corrected chi connectivity index (χ1v) is 8.29. The number of thiophene rings is 1. The van der Waals surface area contributed by atoms with Crippen molar-refractivity contribution < 1.29 is 14.7 Å². The van der Waals surface area contributed by atoms with E-state index in [0.717, 1.165) is 32.6 Å². The van der Waals surface area contributed by atoms with E-state index in [9.17, 15) is 9.59 Å². The Bertz CT molecular complexity index is 517. The number of aliphatic carboxylic acids is 1. The maximum Gasteiger partial charge on any atom is 0.307 e. The minimum absolute atomic E-state index is 0.0420. The van der Waals surface area contributed by atoms with Crippen molar-refractivity contribution in [3.63, 3.8) is 0 Å². The van der Waals surface area contributed by atoms with Gasteiger partial charge in [0.15, 0.2) is 0 Å². The van der Waals surface area contributed by atoms with E-state index in [1.165, 1.54) is 4.88 Å². The van der Waals surface area contributed by atoms with Crippen molar-refractivity contribution in [3.8, 4) is 0 Å². The van der Waals surface area contributed by atoms with Crippen molar-refractivity contribution in [1.82, 2.24) is 9.80 Å². The van der Waals surface area contributed by atoms with Crippen LogP contribution < -0.4 is 0 Å². The van der Waals surface area contributed by atoms with Crippen LogP contribution in [0.1, 0.15) is 17.7 Å². The second-order valence-electron chi connectivity index (χ2n) is 5.82. The van der Waals surface area contributed by atoms with E-state index in [0.29, 0.717) is 13.0 Å². The summed E-state index contributed by atoms with van der Waals surface area (Å²) in [5.74, 6) is -1.50. The maximum absolute atomic E-state index is 12.3. The van der Waals surface area contributed by atoms with Crippen LogP contribution in [-0.4, -0.2) is 53.0 Å². The molecule has 1 saturated heterocycles. The van der Waals surface area contributed by atoms with Crippen molar-refractivity contribution in [3.05, 3.63) is 22.4 Å². The van der Waals surface area contributed by atoms with Crippen molar-refractivity contribution in [2.45, 2.75) is 19.4 Å². The van der Waals surface area contributed by atoms with Crippen molar-refractivity contribution >= 4 is 23.2 Å². The van der Waals surface area contributed by atoms with Gasteiger partial charge in [-0.25, -0.2) is 0 Å². The number of carbonyl (C=O) groups excluding carboxylic acids is 1. The zero-order chi connectivity index (χ0) is 14.8. The average Bonchev–Trinajstić information content (AvgIpc) is 3.17. The van der Waals surface area contributed by atoms with Crippen LogP contribution in [0.2, 0.25) is 0 Å². The molecule has 114 valence electrons. The molecule has 1 aromatic rings. The van der Waals surface area contributed by atoms with Gasteiger partial charge in [0.2, 0.25) is 5.91 Å². The Morgan fingerprint density at radius 3 is 2.76 bits per heavy atom. The molecule has 2 heterocycles. The predicted octanol–water partition coefficient (Wildman–Crippen LogP) is 1.50. The highest BCUT2D eigenvalue weighted by Crippen LogP contribution is 2.40. The van der Waals surface area contributed by atoms with Gasteiger partial charge in [0.25, 0.3) is 0 Å². The van der Waals surface area contributed by atoms with Gasteiger partial charge >= 0.3 is 5.97 Å². The predicted molar refractivity (Wildman–Crippen MR) is 80.0 cm³/mol. The molecular formula is C15H20N2O3S. The lowest BCUT2D eigenvalue weighted by atomic mass is 10.2. The van der Waals surface area contributed by atoms with E-state index >= 15 is 0 Å². The quantitative estimate of drug-likeness (QED) is 0.916. The monoisotopic (exact) mass is 308 g/mol. The SMILES string of the molecule is O=C(O)C1CC1C(=O)N1CCCN(Cc2cccs2)CC1. The van der Waals surface area contributed by atoms with E-state index in [2.05, 4.69) is 22.4 Å².